The van der Waals surface area contributed by atoms with Crippen LogP contribution in [0.4, 0.5) is 0 Å². The average molecular weight is 871 g/mol. The van der Waals surface area contributed by atoms with E-state index in [-0.39, 0.29) is 25.2 Å². The van der Waals surface area contributed by atoms with Crippen molar-refractivity contribution in [3.8, 4) is 0 Å². The van der Waals surface area contributed by atoms with Gasteiger partial charge in [0.25, 0.3) is 0 Å². The zero-order valence-corrected chi connectivity index (χ0v) is 41.9. The number of rotatable bonds is 51. The van der Waals surface area contributed by atoms with Crippen molar-refractivity contribution in [3.05, 3.63) is 36.5 Å². The SMILES string of the molecule is CC/C=C\C/C=C\C/C=C\CCCCCC(=O)OCC(COCCCCCCCCCCCCCCCCCCCCCC)OC(=O)CCCCCCCCCCCCCCC. The van der Waals surface area contributed by atoms with Crippen molar-refractivity contribution in [1.29, 1.82) is 0 Å². The molecule has 0 heterocycles. The molecule has 62 heavy (non-hydrogen) atoms. The maximum absolute atomic E-state index is 12.8. The van der Waals surface area contributed by atoms with Crippen LogP contribution in [0.3, 0.4) is 0 Å². The fraction of sp³-hybridized carbons (Fsp3) is 0.860. The number of allylic oxidation sites excluding steroid dienone is 6. The number of ether oxygens (including phenoxy) is 3. The van der Waals surface area contributed by atoms with Crippen LogP contribution in [-0.4, -0.2) is 37.9 Å². The van der Waals surface area contributed by atoms with Gasteiger partial charge in [0, 0.05) is 19.4 Å². The molecule has 0 bridgehead atoms. The van der Waals surface area contributed by atoms with Gasteiger partial charge in [-0.3, -0.25) is 9.59 Å². The summed E-state index contributed by atoms with van der Waals surface area (Å²) in [6, 6.07) is 0. The molecule has 0 N–H and O–H groups in total. The standard InChI is InChI=1S/C57H106O5/c1-4-7-10-13-16-19-22-25-26-27-28-29-30-31-34-37-40-43-46-49-52-60-53-55(62-57(59)51-48-45-42-39-36-33-24-21-18-15-12-9-6-3)54-61-56(58)50-47-44-41-38-35-32-23-20-17-14-11-8-5-2/h8,11,17,20,32,35,55H,4-7,9-10,12-16,18-19,21-31,33-34,36-54H2,1-3H3/b11-8-,20-17-,35-32-. The van der Waals surface area contributed by atoms with E-state index >= 15 is 0 Å². The van der Waals surface area contributed by atoms with Crippen LogP contribution in [0.15, 0.2) is 36.5 Å². The molecular formula is C57H106O5. The van der Waals surface area contributed by atoms with Crippen molar-refractivity contribution < 1.29 is 23.8 Å². The lowest BCUT2D eigenvalue weighted by Crippen LogP contribution is -2.30. The Labute approximate surface area is 387 Å². The molecule has 1 unspecified atom stereocenters. The minimum absolute atomic E-state index is 0.0763. The first-order valence-electron chi connectivity index (χ1n) is 27.5. The van der Waals surface area contributed by atoms with E-state index in [9.17, 15) is 9.59 Å². The highest BCUT2D eigenvalue weighted by molar-refractivity contribution is 5.70. The molecule has 364 valence electrons. The van der Waals surface area contributed by atoms with E-state index in [2.05, 4.69) is 57.2 Å². The first-order valence-corrected chi connectivity index (χ1v) is 27.5. The Kier molecular flexibility index (Phi) is 51.8. The third kappa shape index (κ3) is 50.8. The lowest BCUT2D eigenvalue weighted by molar-refractivity contribution is -0.163. The summed E-state index contributed by atoms with van der Waals surface area (Å²) in [5.74, 6) is -0.414. The molecule has 5 nitrogen and oxygen atoms in total. The second-order valence-corrected chi connectivity index (χ2v) is 18.5. The van der Waals surface area contributed by atoms with Gasteiger partial charge in [0.05, 0.1) is 6.61 Å². The smallest absolute Gasteiger partial charge is 0.306 e. The molecule has 1 atom stereocenters. The summed E-state index contributed by atoms with van der Waals surface area (Å²) >= 11 is 0. The van der Waals surface area contributed by atoms with Crippen LogP contribution >= 0.6 is 0 Å². The molecule has 0 aliphatic rings. The van der Waals surface area contributed by atoms with Crippen molar-refractivity contribution in [3.63, 3.8) is 0 Å². The monoisotopic (exact) mass is 871 g/mol. The van der Waals surface area contributed by atoms with Gasteiger partial charge in [-0.1, -0.05) is 263 Å². The number of unbranched alkanes of at least 4 members (excludes halogenated alkanes) is 34. The Morgan fingerprint density at radius 1 is 0.371 bits per heavy atom. The van der Waals surface area contributed by atoms with Crippen molar-refractivity contribution in [2.24, 2.45) is 0 Å². The quantitative estimate of drug-likeness (QED) is 0.0346. The third-order valence-electron chi connectivity index (χ3n) is 12.2. The first kappa shape index (κ1) is 60.1. The van der Waals surface area contributed by atoms with E-state index in [4.69, 9.17) is 14.2 Å². The van der Waals surface area contributed by atoms with Crippen molar-refractivity contribution in [2.45, 2.75) is 297 Å². The van der Waals surface area contributed by atoms with Crippen molar-refractivity contribution in [1.82, 2.24) is 0 Å². The predicted molar refractivity (Wildman–Crippen MR) is 270 cm³/mol. The summed E-state index contributed by atoms with van der Waals surface area (Å²) in [5.41, 5.74) is 0. The largest absolute Gasteiger partial charge is 0.462 e. The Morgan fingerprint density at radius 3 is 1.16 bits per heavy atom. The number of carbonyl (C=O) groups is 2. The second-order valence-electron chi connectivity index (χ2n) is 18.5. The van der Waals surface area contributed by atoms with E-state index in [0.29, 0.717) is 19.4 Å². The Bertz CT molecular complexity index is 986. The number of carbonyl (C=O) groups excluding carboxylic acids is 2. The van der Waals surface area contributed by atoms with Crippen LogP contribution in [0.2, 0.25) is 0 Å². The lowest BCUT2D eigenvalue weighted by Gasteiger charge is -2.18. The van der Waals surface area contributed by atoms with Gasteiger partial charge in [0.15, 0.2) is 6.10 Å². The van der Waals surface area contributed by atoms with E-state index < -0.39 is 6.10 Å². The van der Waals surface area contributed by atoms with Gasteiger partial charge in [0.2, 0.25) is 0 Å². The summed E-state index contributed by atoms with van der Waals surface area (Å²) in [6.07, 6.45) is 64.5. The third-order valence-corrected chi connectivity index (χ3v) is 12.2. The molecule has 0 aliphatic carbocycles. The average Bonchev–Trinajstić information content (AvgIpc) is 3.27. The Hall–Kier alpha value is -1.88. The van der Waals surface area contributed by atoms with Gasteiger partial charge in [-0.05, 0) is 51.4 Å². The van der Waals surface area contributed by atoms with Gasteiger partial charge in [-0.25, -0.2) is 0 Å². The lowest BCUT2D eigenvalue weighted by atomic mass is 10.0. The minimum Gasteiger partial charge on any atom is -0.462 e. The summed E-state index contributed by atoms with van der Waals surface area (Å²) in [5, 5.41) is 0. The topological polar surface area (TPSA) is 61.8 Å². The molecule has 0 aromatic heterocycles. The molecule has 0 rings (SSSR count). The number of hydrogen-bond acceptors (Lipinski definition) is 5. The van der Waals surface area contributed by atoms with Gasteiger partial charge in [-0.2, -0.15) is 0 Å². The van der Waals surface area contributed by atoms with Crippen LogP contribution < -0.4 is 0 Å². The molecule has 0 aromatic rings. The zero-order chi connectivity index (χ0) is 44.9. The summed E-state index contributed by atoms with van der Waals surface area (Å²) in [7, 11) is 0. The van der Waals surface area contributed by atoms with E-state index in [1.807, 2.05) is 0 Å². The summed E-state index contributed by atoms with van der Waals surface area (Å²) in [4.78, 5) is 25.4. The molecular weight excluding hydrogens is 765 g/mol. The highest BCUT2D eigenvalue weighted by atomic mass is 16.6. The van der Waals surface area contributed by atoms with Crippen LogP contribution in [0.1, 0.15) is 290 Å². The highest BCUT2D eigenvalue weighted by Gasteiger charge is 2.17. The molecule has 0 amide bonds. The van der Waals surface area contributed by atoms with Gasteiger partial charge >= 0.3 is 11.9 Å². The Morgan fingerprint density at radius 2 is 0.726 bits per heavy atom. The van der Waals surface area contributed by atoms with Crippen molar-refractivity contribution >= 4 is 11.9 Å². The molecule has 0 saturated carbocycles. The maximum atomic E-state index is 12.8. The second kappa shape index (κ2) is 53.5. The van der Waals surface area contributed by atoms with Gasteiger partial charge in [0.1, 0.15) is 6.61 Å². The van der Waals surface area contributed by atoms with Crippen LogP contribution in [0.25, 0.3) is 0 Å². The van der Waals surface area contributed by atoms with E-state index in [1.165, 1.54) is 193 Å². The first-order chi connectivity index (χ1) is 30.6. The normalized spacial score (nSPS) is 12.4. The minimum atomic E-state index is -0.541. The summed E-state index contributed by atoms with van der Waals surface area (Å²) in [6.45, 7) is 7.74. The molecule has 0 spiro atoms. The molecule has 0 radical (unpaired) electrons. The highest BCUT2D eigenvalue weighted by Crippen LogP contribution is 2.16. The van der Waals surface area contributed by atoms with Crippen molar-refractivity contribution in [2.75, 3.05) is 19.8 Å². The Balaban J connectivity index is 4.20. The maximum Gasteiger partial charge on any atom is 0.306 e. The molecule has 0 fully saturated rings. The molecule has 0 saturated heterocycles. The molecule has 0 aromatic carbocycles. The van der Waals surface area contributed by atoms with Crippen LogP contribution in [0, 0.1) is 0 Å². The van der Waals surface area contributed by atoms with Crippen LogP contribution in [-0.2, 0) is 23.8 Å². The molecule has 5 heteroatoms. The fourth-order valence-electron chi connectivity index (χ4n) is 8.12. The zero-order valence-electron chi connectivity index (χ0n) is 41.9. The summed E-state index contributed by atoms with van der Waals surface area (Å²) < 4.78 is 17.4. The van der Waals surface area contributed by atoms with Gasteiger partial charge < -0.3 is 14.2 Å². The van der Waals surface area contributed by atoms with E-state index in [1.54, 1.807) is 0 Å². The molecule has 0 aliphatic heterocycles. The van der Waals surface area contributed by atoms with Crippen LogP contribution in [0.5, 0.6) is 0 Å². The number of esters is 2. The number of hydrogen-bond donors (Lipinski definition) is 0. The van der Waals surface area contributed by atoms with E-state index in [0.717, 1.165) is 64.2 Å². The van der Waals surface area contributed by atoms with Gasteiger partial charge in [-0.15, -0.1) is 0 Å². The fourth-order valence-corrected chi connectivity index (χ4v) is 8.12. The predicted octanol–water partition coefficient (Wildman–Crippen LogP) is 18.6.